The Morgan fingerprint density at radius 3 is 1.90 bits per heavy atom. The number of nitrogens with one attached hydrogen (secondary N) is 4. The van der Waals surface area contributed by atoms with Gasteiger partial charge in [0.15, 0.2) is 47.4 Å². The number of aromatic amines is 1. The number of unbranched alkanes of at least 4 members (excludes halogenated alkanes) is 14. The quantitative estimate of drug-likeness (QED) is 0.0211. The van der Waals surface area contributed by atoms with Crippen molar-refractivity contribution in [3.63, 3.8) is 0 Å². The Hall–Kier alpha value is -5.28. The number of carbonyl (C=O) groups is 3. The molecule has 0 aliphatic carbocycles. The van der Waals surface area contributed by atoms with E-state index in [1.807, 2.05) is 13.8 Å². The zero-order valence-corrected chi connectivity index (χ0v) is 49.6. The number of rotatable bonds is 27. The van der Waals surface area contributed by atoms with Crippen LogP contribution in [0.3, 0.4) is 0 Å². The molecule has 8 rings (SSSR count). The number of fused-ring (bicyclic) bond motifs is 4. The highest BCUT2D eigenvalue weighted by Gasteiger charge is 2.55. The fourth-order valence-electron chi connectivity index (χ4n) is 10.1. The predicted molar refractivity (Wildman–Crippen MR) is 305 cm³/mol. The van der Waals surface area contributed by atoms with Crippen molar-refractivity contribution in [2.75, 3.05) is 24.3 Å². The van der Waals surface area contributed by atoms with E-state index in [2.05, 4.69) is 52.8 Å². The van der Waals surface area contributed by atoms with Gasteiger partial charge in [0.25, 0.3) is 5.56 Å². The highest BCUT2D eigenvalue weighted by Crippen LogP contribution is 2.65. The van der Waals surface area contributed by atoms with Crippen molar-refractivity contribution in [1.29, 1.82) is 0 Å². The average molecular weight is 1220 g/mol. The van der Waals surface area contributed by atoms with E-state index in [-0.39, 0.29) is 45.7 Å². The number of carbonyl (C=O) groups excluding carboxylic acids is 3. The molecule has 30 heteroatoms. The number of aromatic nitrogens is 8. The fraction of sp³-hybridized carbons (Fsp3) is 0.642. The number of imidazole rings is 2. The Balaban J connectivity index is 0.865. The molecular weight excluding hydrogens is 1140 g/mol. The first-order valence-corrected chi connectivity index (χ1v) is 33.1. The maximum absolute atomic E-state index is 16.9. The number of nitrogen functional groups attached to an aromatic ring is 1. The summed E-state index contributed by atoms with van der Waals surface area (Å²) in [5.74, 6) is -1.66. The molecule has 0 saturated carbocycles. The molecule has 7 N–H and O–H groups in total. The highest BCUT2D eigenvalue weighted by atomic mass is 32.7. The van der Waals surface area contributed by atoms with Gasteiger partial charge in [0.05, 0.1) is 32.2 Å². The normalized spacial score (nSPS) is 26.5. The number of hydrogen-bond donors (Lipinski definition) is 6. The number of halogens is 2. The minimum atomic E-state index is -5.25. The Labute approximate surface area is 483 Å². The molecule has 1 aromatic carbocycles. The molecule has 2 unspecified atom stereocenters. The number of amides is 3. The van der Waals surface area contributed by atoms with Gasteiger partial charge in [-0.15, -0.1) is 0 Å². The predicted octanol–water partition coefficient (Wildman–Crippen LogP) is 8.82. The lowest BCUT2D eigenvalue weighted by molar-refractivity contribution is -0.131. The molecule has 25 nitrogen and oxygen atoms in total. The van der Waals surface area contributed by atoms with Crippen LogP contribution in [-0.2, 0) is 56.8 Å². The third-order valence-electron chi connectivity index (χ3n) is 14.8. The van der Waals surface area contributed by atoms with Crippen molar-refractivity contribution in [3.8, 4) is 0 Å². The first kappa shape index (κ1) is 63.7. The van der Waals surface area contributed by atoms with Gasteiger partial charge in [-0.3, -0.25) is 46.4 Å². The van der Waals surface area contributed by atoms with Crippen molar-refractivity contribution < 1.29 is 64.8 Å². The van der Waals surface area contributed by atoms with Crippen LogP contribution in [0.15, 0.2) is 54.4 Å². The Morgan fingerprint density at radius 2 is 1.30 bits per heavy atom. The lowest BCUT2D eigenvalue weighted by atomic mass is 10.0. The Kier molecular flexibility index (Phi) is 22.8. The van der Waals surface area contributed by atoms with Gasteiger partial charge in [-0.05, 0) is 48.3 Å². The van der Waals surface area contributed by atoms with Crippen LogP contribution in [0.25, 0.3) is 22.3 Å². The number of alkyl halides is 2. The van der Waals surface area contributed by atoms with Gasteiger partial charge in [-0.2, -0.15) is 0 Å². The molecule has 4 aromatic heterocycles. The second-order valence-corrected chi connectivity index (χ2v) is 26.9. The van der Waals surface area contributed by atoms with Crippen molar-refractivity contribution in [2.24, 2.45) is 5.92 Å². The summed E-state index contributed by atoms with van der Waals surface area (Å²) in [5, 5.41) is 8.33. The summed E-state index contributed by atoms with van der Waals surface area (Å²) in [6.07, 6.45) is 8.29. The van der Waals surface area contributed by atoms with Crippen LogP contribution in [0.4, 0.5) is 20.3 Å². The largest absolute Gasteiger partial charge is 0.472 e. The van der Waals surface area contributed by atoms with E-state index >= 15 is 13.3 Å². The Bertz CT molecular complexity index is 3120. The third-order valence-corrected chi connectivity index (χ3v) is 19.4. The minimum absolute atomic E-state index is 0.0161. The number of H-pyrrole nitrogens is 1. The molecule has 7 heterocycles. The number of benzene rings is 1. The van der Waals surface area contributed by atoms with E-state index in [0.29, 0.717) is 29.1 Å². The van der Waals surface area contributed by atoms with Crippen molar-refractivity contribution in [2.45, 2.75) is 197 Å². The zero-order chi connectivity index (χ0) is 59.3. The zero-order valence-electron chi connectivity index (χ0n) is 47.0. The monoisotopic (exact) mass is 1220 g/mol. The number of phosphoric ester groups is 1. The van der Waals surface area contributed by atoms with Crippen molar-refractivity contribution in [1.82, 2.24) is 49.7 Å². The number of ether oxygens (including phenoxy) is 2. The van der Waals surface area contributed by atoms with E-state index in [4.69, 9.17) is 33.3 Å². The Morgan fingerprint density at radius 1 is 0.747 bits per heavy atom. The van der Waals surface area contributed by atoms with Crippen LogP contribution in [0.2, 0.25) is 0 Å². The number of phosphoric acid groups is 1. The second-order valence-electron chi connectivity index (χ2n) is 21.5. The summed E-state index contributed by atoms with van der Waals surface area (Å²) >= 11 is 0.614. The van der Waals surface area contributed by atoms with Crippen LogP contribution < -0.4 is 27.2 Å². The summed E-state index contributed by atoms with van der Waals surface area (Å²) in [5.41, 5.74) is 6.10. The fourth-order valence-corrected chi connectivity index (χ4v) is 14.5. The van der Waals surface area contributed by atoms with E-state index in [0.717, 1.165) is 49.2 Å². The summed E-state index contributed by atoms with van der Waals surface area (Å²) in [7, 11) is -5.25. The first-order valence-electron chi connectivity index (χ1n) is 28.5. The van der Waals surface area contributed by atoms with E-state index in [1.165, 1.54) is 88.4 Å². The van der Waals surface area contributed by atoms with Gasteiger partial charge in [0.2, 0.25) is 17.7 Å². The summed E-state index contributed by atoms with van der Waals surface area (Å²) in [6, 6.07) is 4.47. The molecule has 3 saturated heterocycles. The molecule has 0 spiro atoms. The maximum atomic E-state index is 16.9. The van der Waals surface area contributed by atoms with Gasteiger partial charge in [0.1, 0.15) is 48.3 Å². The number of hydrogen-bond acceptors (Lipinski definition) is 19. The molecular formula is C53H76F2N12O13P2S. The third kappa shape index (κ3) is 16.8. The molecule has 3 fully saturated rings. The van der Waals surface area contributed by atoms with Gasteiger partial charge < -0.3 is 41.0 Å². The van der Waals surface area contributed by atoms with Crippen LogP contribution in [0, 0.1) is 5.92 Å². The lowest BCUT2D eigenvalue weighted by Crippen LogP contribution is -2.53. The summed E-state index contributed by atoms with van der Waals surface area (Å²) in [6.45, 7) is 0.990. The number of nitrogens with zero attached hydrogens (tertiary/aromatic N) is 7. The molecule has 3 amide bonds. The number of anilines is 2. The molecule has 0 radical (unpaired) electrons. The topological polar surface area (TPSA) is 330 Å². The average Bonchev–Trinajstić information content (AvgIpc) is 2.86. The molecule has 0 bridgehead atoms. The van der Waals surface area contributed by atoms with E-state index in [1.54, 1.807) is 24.3 Å². The maximum Gasteiger partial charge on any atom is 0.472 e. The molecule has 12 atom stereocenters. The van der Waals surface area contributed by atoms with Crippen LogP contribution in [0.5, 0.6) is 0 Å². The first-order chi connectivity index (χ1) is 39.8. The van der Waals surface area contributed by atoms with E-state index in [9.17, 15) is 28.6 Å². The van der Waals surface area contributed by atoms with Gasteiger partial charge >= 0.3 is 14.6 Å². The molecule has 456 valence electrons. The van der Waals surface area contributed by atoms with Gasteiger partial charge in [-0.25, -0.2) is 42.8 Å². The number of nitrogens with two attached hydrogens (primary N) is 1. The van der Waals surface area contributed by atoms with E-state index < -0.39 is 107 Å². The van der Waals surface area contributed by atoms with Gasteiger partial charge in [0, 0.05) is 17.9 Å². The standard InChI is InChI=1S/C53H76F2N12O13P2S/c1-5-6-7-8-9-10-11-12-13-14-15-16-17-18-19-20-38(68)65-41(32(2)3)51(71)63-33(4)49(69)64-35-23-21-34(22-24-35)27-83-82(74)76-26-37-44(39(54)52(78-37)66-30-61-42-46(56)57-28-58-47(42)66)79-81(72,73)75-25-36-45(80-82)40(55)53(77-36)67-31-62-43-48(67)59-29-60-50(43)70/h21-24,28-33,36-37,39-41,44-45,52-53H,5-20,25-27H2,1-4H3,(H,63,71)(H,64,69)(H,65,68)(H,72,73)(H2,56,57,58)(H,59,60,70)/t33-,36+,37+,39+,40+,41-,44+,45+,52+,53+,82?/m0/s1. The summed E-state index contributed by atoms with van der Waals surface area (Å²) in [4.78, 5) is 85.9. The molecule has 83 heavy (non-hydrogen) atoms. The van der Waals surface area contributed by atoms with Crippen molar-refractivity contribution >= 4 is 77.6 Å². The van der Waals surface area contributed by atoms with Crippen LogP contribution in [-0.4, -0.2) is 124 Å². The van der Waals surface area contributed by atoms with Gasteiger partial charge in [-0.1, -0.05) is 123 Å². The summed E-state index contributed by atoms with van der Waals surface area (Å²) < 4.78 is 99.2. The molecule has 5 aromatic rings. The SMILES string of the molecule is CCCCCCCCCCCCCCCCCC(=O)N[C@H](C(=O)N[C@@H](C)C(=O)Nc1ccc(CSP2(=O)OC[C@H]3O[C@@H](n4cnc5c(N)ncnc54)[C@H](F)[C@@H]3OP(=O)(O)OC[C@H]3O[C@@H](n4cnc5c(=O)[nH]cnc54)[C@H](F)[C@@H]3O2)cc1)C(C)C. The van der Waals surface area contributed by atoms with Crippen molar-refractivity contribution in [3.05, 3.63) is 65.5 Å². The molecule has 3 aliphatic rings. The van der Waals surface area contributed by atoms with Crippen LogP contribution in [0.1, 0.15) is 148 Å². The highest BCUT2D eigenvalue weighted by molar-refractivity contribution is 8.54. The minimum Gasteiger partial charge on any atom is -0.382 e. The smallest absolute Gasteiger partial charge is 0.382 e. The van der Waals surface area contributed by atoms with Crippen LogP contribution >= 0.6 is 26.0 Å². The molecule has 3 aliphatic heterocycles. The lowest BCUT2D eigenvalue weighted by Gasteiger charge is -2.29. The second kappa shape index (κ2) is 29.7.